The molecule has 0 amide bonds. The van der Waals surface area contributed by atoms with E-state index in [4.69, 9.17) is 15.9 Å². The molecule has 0 saturated carbocycles. The number of allylic oxidation sites excluding steroid dienone is 1. The fourth-order valence-corrected chi connectivity index (χ4v) is 2.09. The fourth-order valence-electron chi connectivity index (χ4n) is 2.09. The van der Waals surface area contributed by atoms with Gasteiger partial charge in [-0.25, -0.2) is 9.59 Å². The topological polar surface area (TPSA) is 71.1 Å². The van der Waals surface area contributed by atoms with Crippen molar-refractivity contribution in [2.45, 2.75) is 6.42 Å². The number of terminal acetylenes is 1. The largest absolute Gasteiger partial charge is 0.493 e. The maximum absolute atomic E-state index is 11.8. The van der Waals surface area contributed by atoms with Gasteiger partial charge in [0, 0.05) is 5.56 Å². The van der Waals surface area contributed by atoms with Crippen LogP contribution in [0.4, 0.5) is 0 Å². The highest BCUT2D eigenvalue weighted by atomic mass is 16.5. The Balaban J connectivity index is 3.49. The zero-order valence-corrected chi connectivity index (χ0v) is 14.5. The predicted molar refractivity (Wildman–Crippen MR) is 93.2 cm³/mol. The lowest BCUT2D eigenvalue weighted by molar-refractivity contribution is -0.143. The number of carbonyl (C=O) groups is 2. The number of esters is 2. The Labute approximate surface area is 147 Å². The first-order valence-electron chi connectivity index (χ1n) is 7.28. The van der Waals surface area contributed by atoms with Crippen LogP contribution in [0.2, 0.25) is 0 Å². The van der Waals surface area contributed by atoms with Gasteiger partial charge in [0.05, 0.1) is 21.3 Å². The molecule has 25 heavy (non-hydrogen) atoms. The van der Waals surface area contributed by atoms with Crippen molar-refractivity contribution in [3.05, 3.63) is 41.5 Å². The summed E-state index contributed by atoms with van der Waals surface area (Å²) in [6.45, 7) is 3.78. The summed E-state index contributed by atoms with van der Waals surface area (Å²) in [6, 6.07) is 3.35. The summed E-state index contributed by atoms with van der Waals surface area (Å²) >= 11 is 0. The molecule has 0 radical (unpaired) electrons. The summed E-state index contributed by atoms with van der Waals surface area (Å²) in [5.41, 5.74) is 1.03. The molecule has 0 aliphatic heterocycles. The van der Waals surface area contributed by atoms with Crippen LogP contribution in [0.5, 0.6) is 11.5 Å². The number of benzene rings is 1. The third-order valence-electron chi connectivity index (χ3n) is 3.16. The highest BCUT2D eigenvalue weighted by Crippen LogP contribution is 2.34. The van der Waals surface area contributed by atoms with Gasteiger partial charge < -0.3 is 18.9 Å². The Morgan fingerprint density at radius 1 is 1.20 bits per heavy atom. The molecule has 132 valence electrons. The van der Waals surface area contributed by atoms with Crippen molar-refractivity contribution in [2.24, 2.45) is 0 Å². The molecule has 0 unspecified atom stereocenters. The Hall–Kier alpha value is -3.20. The van der Waals surface area contributed by atoms with Crippen LogP contribution < -0.4 is 9.47 Å². The zero-order valence-electron chi connectivity index (χ0n) is 14.5. The van der Waals surface area contributed by atoms with E-state index in [1.807, 2.05) is 0 Å². The molecular weight excluding hydrogens is 324 g/mol. The van der Waals surface area contributed by atoms with Crippen molar-refractivity contribution >= 4 is 18.0 Å². The minimum Gasteiger partial charge on any atom is -0.493 e. The molecule has 0 aliphatic carbocycles. The van der Waals surface area contributed by atoms with Gasteiger partial charge in [0.1, 0.15) is 12.2 Å². The van der Waals surface area contributed by atoms with E-state index in [0.717, 1.165) is 5.56 Å². The number of hydrogen-bond acceptors (Lipinski definition) is 6. The molecule has 0 aliphatic rings. The molecule has 6 nitrogen and oxygen atoms in total. The molecule has 1 aromatic carbocycles. The van der Waals surface area contributed by atoms with Crippen molar-refractivity contribution in [1.29, 1.82) is 0 Å². The number of rotatable bonds is 8. The molecule has 0 bridgehead atoms. The van der Waals surface area contributed by atoms with E-state index in [9.17, 15) is 9.59 Å². The number of carbonyl (C=O) groups excluding carboxylic acids is 2. The molecular formula is C19H20O6. The van der Waals surface area contributed by atoms with Crippen LogP contribution in [0.1, 0.15) is 11.1 Å². The molecule has 0 heterocycles. The second kappa shape index (κ2) is 9.83. The Kier molecular flexibility index (Phi) is 7.80. The fraction of sp³-hybridized carbons (Fsp3) is 0.263. The second-order valence-electron chi connectivity index (χ2n) is 4.74. The molecule has 1 rings (SSSR count). The lowest BCUT2D eigenvalue weighted by atomic mass is 10.0. The van der Waals surface area contributed by atoms with Gasteiger partial charge in [0.15, 0.2) is 11.5 Å². The van der Waals surface area contributed by atoms with Gasteiger partial charge in [-0.1, -0.05) is 12.0 Å². The van der Waals surface area contributed by atoms with E-state index in [2.05, 4.69) is 22.0 Å². The van der Waals surface area contributed by atoms with Crippen molar-refractivity contribution in [1.82, 2.24) is 0 Å². The van der Waals surface area contributed by atoms with Crippen LogP contribution in [0, 0.1) is 12.3 Å². The standard InChI is InChI=1S/C19H20O6/c1-6-8-14-10-13(11-15(18(20)23-4)19(21)24-5)12-16(22-3)17(14)25-9-7-2/h2,6,10-12H,1,8-9H2,3-5H3. The van der Waals surface area contributed by atoms with Crippen LogP contribution in [0.25, 0.3) is 6.08 Å². The van der Waals surface area contributed by atoms with Gasteiger partial charge >= 0.3 is 11.9 Å². The summed E-state index contributed by atoms with van der Waals surface area (Å²) in [6.07, 6.45) is 8.76. The highest BCUT2D eigenvalue weighted by molar-refractivity contribution is 6.17. The van der Waals surface area contributed by atoms with Gasteiger partial charge in [-0.15, -0.1) is 13.0 Å². The maximum atomic E-state index is 11.8. The van der Waals surface area contributed by atoms with Gasteiger partial charge in [0.2, 0.25) is 0 Å². The minimum absolute atomic E-state index is 0.0747. The molecule has 6 heteroatoms. The Morgan fingerprint density at radius 3 is 2.32 bits per heavy atom. The van der Waals surface area contributed by atoms with Crippen LogP contribution in [0.3, 0.4) is 0 Å². The van der Waals surface area contributed by atoms with E-state index in [0.29, 0.717) is 23.5 Å². The Bertz CT molecular complexity index is 706. The predicted octanol–water partition coefficient (Wildman–Crippen LogP) is 2.17. The van der Waals surface area contributed by atoms with Crippen LogP contribution in [-0.4, -0.2) is 39.9 Å². The first-order chi connectivity index (χ1) is 12.0. The summed E-state index contributed by atoms with van der Waals surface area (Å²) in [5.74, 6) is 1.68. The first-order valence-corrected chi connectivity index (χ1v) is 7.28. The quantitative estimate of drug-likeness (QED) is 0.180. The first kappa shape index (κ1) is 19.8. The molecule has 0 fully saturated rings. The smallest absolute Gasteiger partial charge is 0.345 e. The maximum Gasteiger partial charge on any atom is 0.345 e. The van der Waals surface area contributed by atoms with E-state index in [-0.39, 0.29) is 12.2 Å². The average Bonchev–Trinajstić information content (AvgIpc) is 2.63. The Morgan fingerprint density at radius 2 is 1.84 bits per heavy atom. The van der Waals surface area contributed by atoms with E-state index >= 15 is 0 Å². The molecule has 1 aromatic rings. The molecule has 0 atom stereocenters. The van der Waals surface area contributed by atoms with Crippen molar-refractivity contribution < 1.29 is 28.5 Å². The number of methoxy groups -OCH3 is 3. The summed E-state index contributed by atoms with van der Waals surface area (Å²) in [4.78, 5) is 23.6. The van der Waals surface area contributed by atoms with Gasteiger partial charge in [-0.3, -0.25) is 0 Å². The lowest BCUT2D eigenvalue weighted by Crippen LogP contribution is -2.15. The summed E-state index contributed by atoms with van der Waals surface area (Å²) in [7, 11) is 3.84. The summed E-state index contributed by atoms with van der Waals surface area (Å²) < 4.78 is 20.1. The highest BCUT2D eigenvalue weighted by Gasteiger charge is 2.20. The van der Waals surface area contributed by atoms with Crippen molar-refractivity contribution in [3.8, 4) is 23.8 Å². The normalized spacial score (nSPS) is 9.36. The van der Waals surface area contributed by atoms with Crippen molar-refractivity contribution in [3.63, 3.8) is 0 Å². The molecule has 0 saturated heterocycles. The number of hydrogen-bond donors (Lipinski definition) is 0. The second-order valence-corrected chi connectivity index (χ2v) is 4.74. The molecule has 0 aromatic heterocycles. The SMILES string of the molecule is C#CCOc1c(CC=C)cc(C=C(C(=O)OC)C(=O)OC)cc1OC. The minimum atomic E-state index is -0.802. The van der Waals surface area contributed by atoms with E-state index < -0.39 is 11.9 Å². The van der Waals surface area contributed by atoms with E-state index in [1.54, 1.807) is 18.2 Å². The number of ether oxygens (including phenoxy) is 4. The average molecular weight is 344 g/mol. The lowest BCUT2D eigenvalue weighted by Gasteiger charge is -2.14. The van der Waals surface area contributed by atoms with Gasteiger partial charge in [-0.2, -0.15) is 0 Å². The zero-order chi connectivity index (χ0) is 18.8. The van der Waals surface area contributed by atoms with Crippen LogP contribution in [-0.2, 0) is 25.5 Å². The third kappa shape index (κ3) is 5.15. The van der Waals surface area contributed by atoms with Crippen molar-refractivity contribution in [2.75, 3.05) is 27.9 Å². The summed E-state index contributed by atoms with van der Waals surface area (Å²) in [5, 5.41) is 0. The van der Waals surface area contributed by atoms with Crippen LogP contribution >= 0.6 is 0 Å². The van der Waals surface area contributed by atoms with Crippen LogP contribution in [0.15, 0.2) is 30.4 Å². The third-order valence-corrected chi connectivity index (χ3v) is 3.16. The van der Waals surface area contributed by atoms with Gasteiger partial charge in [-0.05, 0) is 30.2 Å². The monoisotopic (exact) mass is 344 g/mol. The molecule has 0 N–H and O–H groups in total. The van der Waals surface area contributed by atoms with Gasteiger partial charge in [0.25, 0.3) is 0 Å². The van der Waals surface area contributed by atoms with E-state index in [1.165, 1.54) is 27.4 Å². The molecule has 0 spiro atoms.